The lowest BCUT2D eigenvalue weighted by molar-refractivity contribution is -0.113. The molecule has 2 aromatic heterocycles. The molecule has 0 spiro atoms. The van der Waals surface area contributed by atoms with E-state index in [1.807, 2.05) is 61.0 Å². The van der Waals surface area contributed by atoms with Gasteiger partial charge in [0.15, 0.2) is 5.16 Å². The number of amides is 1. The molecule has 7 nitrogen and oxygen atoms in total. The van der Waals surface area contributed by atoms with Crippen molar-refractivity contribution in [1.29, 1.82) is 0 Å². The molecule has 0 saturated heterocycles. The van der Waals surface area contributed by atoms with Crippen LogP contribution in [0.25, 0.3) is 16.6 Å². The first-order valence-electron chi connectivity index (χ1n) is 11.6. The van der Waals surface area contributed by atoms with Crippen molar-refractivity contribution in [3.8, 4) is 5.69 Å². The number of hydrogen-bond acceptors (Lipinski definition) is 5. The normalized spacial score (nSPS) is 14.1. The van der Waals surface area contributed by atoms with Crippen molar-refractivity contribution in [3.05, 3.63) is 76.2 Å². The number of fused-ring (bicyclic) bond motifs is 1. The van der Waals surface area contributed by atoms with Crippen molar-refractivity contribution >= 4 is 34.4 Å². The molecule has 1 fully saturated rings. The van der Waals surface area contributed by atoms with Gasteiger partial charge in [-0.05, 0) is 49.9 Å². The largest absolute Gasteiger partial charge is 0.310 e. The van der Waals surface area contributed by atoms with E-state index in [1.54, 1.807) is 16.8 Å². The second-order valence-corrected chi connectivity index (χ2v) is 9.67. The number of nitrogens with zero attached hydrogens (tertiary/aromatic N) is 4. The van der Waals surface area contributed by atoms with E-state index in [9.17, 15) is 9.59 Å². The lowest BCUT2D eigenvalue weighted by atomic mass is 10.1. The van der Waals surface area contributed by atoms with Crippen molar-refractivity contribution in [1.82, 2.24) is 19.3 Å². The minimum absolute atomic E-state index is 0.131. The van der Waals surface area contributed by atoms with Crippen LogP contribution in [0.2, 0.25) is 0 Å². The maximum absolute atomic E-state index is 13.5. The topological polar surface area (TPSA) is 81.8 Å². The van der Waals surface area contributed by atoms with Gasteiger partial charge in [-0.25, -0.2) is 9.67 Å². The molecular formula is C26H27N5O2S. The summed E-state index contributed by atoms with van der Waals surface area (Å²) in [5.41, 5.74) is 3.26. The van der Waals surface area contributed by atoms with Crippen LogP contribution in [0, 0.1) is 13.8 Å². The summed E-state index contributed by atoms with van der Waals surface area (Å²) in [6, 6.07) is 15.4. The zero-order chi connectivity index (χ0) is 23.7. The number of aryl methyl sites for hydroxylation is 2. The maximum Gasteiger partial charge on any atom is 0.266 e. The number of anilines is 1. The first kappa shape index (κ1) is 22.4. The number of rotatable bonds is 6. The highest BCUT2D eigenvalue weighted by atomic mass is 32.2. The first-order chi connectivity index (χ1) is 16.5. The molecule has 4 aromatic rings. The number of carbonyl (C=O) groups excluding carboxylic acids is 1. The molecule has 1 aliphatic rings. The van der Waals surface area contributed by atoms with Crippen molar-refractivity contribution in [3.63, 3.8) is 0 Å². The van der Waals surface area contributed by atoms with Crippen LogP contribution in [-0.4, -0.2) is 31.0 Å². The predicted molar refractivity (Wildman–Crippen MR) is 136 cm³/mol. The predicted octanol–water partition coefficient (Wildman–Crippen LogP) is 5.04. The van der Waals surface area contributed by atoms with Gasteiger partial charge in [-0.1, -0.05) is 54.9 Å². The van der Waals surface area contributed by atoms with Crippen LogP contribution in [0.1, 0.15) is 42.9 Å². The van der Waals surface area contributed by atoms with E-state index in [2.05, 4.69) is 10.4 Å². The van der Waals surface area contributed by atoms with Crippen LogP contribution in [0.3, 0.4) is 0 Å². The number of hydrogen-bond donors (Lipinski definition) is 1. The molecule has 2 heterocycles. The molecule has 0 radical (unpaired) electrons. The maximum atomic E-state index is 13.5. The molecule has 0 atom stereocenters. The zero-order valence-corrected chi connectivity index (χ0v) is 20.1. The summed E-state index contributed by atoms with van der Waals surface area (Å²) in [4.78, 5) is 31.2. The van der Waals surface area contributed by atoms with Gasteiger partial charge in [0.25, 0.3) is 5.56 Å². The van der Waals surface area contributed by atoms with Gasteiger partial charge in [0, 0.05) is 6.07 Å². The van der Waals surface area contributed by atoms with Gasteiger partial charge in [0.05, 0.1) is 34.6 Å². The van der Waals surface area contributed by atoms with E-state index < -0.39 is 0 Å². The van der Waals surface area contributed by atoms with Crippen LogP contribution in [0.15, 0.2) is 64.7 Å². The van der Waals surface area contributed by atoms with Crippen LogP contribution in [0.5, 0.6) is 0 Å². The monoisotopic (exact) mass is 473 g/mol. The molecule has 5 rings (SSSR count). The summed E-state index contributed by atoms with van der Waals surface area (Å²) in [7, 11) is 0. The Morgan fingerprint density at radius 3 is 2.56 bits per heavy atom. The first-order valence-corrected chi connectivity index (χ1v) is 12.6. The summed E-state index contributed by atoms with van der Waals surface area (Å²) < 4.78 is 3.57. The lowest BCUT2D eigenvalue weighted by Crippen LogP contribution is -2.24. The van der Waals surface area contributed by atoms with Gasteiger partial charge in [-0.15, -0.1) is 0 Å². The Balaban J connectivity index is 1.45. The number of para-hydroxylation sites is 2. The molecule has 34 heavy (non-hydrogen) atoms. The summed E-state index contributed by atoms with van der Waals surface area (Å²) in [5, 5.41) is 8.48. The molecule has 0 aliphatic heterocycles. The summed E-state index contributed by atoms with van der Waals surface area (Å²) >= 11 is 1.27. The highest BCUT2D eigenvalue weighted by molar-refractivity contribution is 7.99. The molecule has 8 heteroatoms. The van der Waals surface area contributed by atoms with E-state index in [-0.39, 0.29) is 17.2 Å². The van der Waals surface area contributed by atoms with Crippen molar-refractivity contribution in [2.24, 2.45) is 0 Å². The average molecular weight is 474 g/mol. The highest BCUT2D eigenvalue weighted by Gasteiger charge is 2.21. The standard InChI is InChI=1S/C26H27N5O2S/c1-17-8-7-9-18(2)24(17)30-25(33)20-12-5-6-13-21(20)28-26(30)34-16-23(32)29-22-14-15-27-31(22)19-10-3-4-11-19/h5-9,12-15,19H,3-4,10-11,16H2,1-2H3,(H,29,32). The fourth-order valence-corrected chi connectivity index (χ4v) is 5.53. The molecule has 174 valence electrons. The number of benzene rings is 2. The Kier molecular flexibility index (Phi) is 6.24. The Morgan fingerprint density at radius 1 is 1.06 bits per heavy atom. The van der Waals surface area contributed by atoms with E-state index in [0.717, 1.165) is 35.5 Å². The molecule has 1 amide bonds. The third kappa shape index (κ3) is 4.25. The SMILES string of the molecule is Cc1cccc(C)c1-n1c(SCC(=O)Nc2ccnn2C2CCCC2)nc2ccccc2c1=O. The van der Waals surface area contributed by atoms with Gasteiger partial charge in [0.2, 0.25) is 5.91 Å². The smallest absolute Gasteiger partial charge is 0.266 e. The van der Waals surface area contributed by atoms with Gasteiger partial charge in [-0.2, -0.15) is 5.10 Å². The average Bonchev–Trinajstić information content (AvgIpc) is 3.51. The molecule has 1 N–H and O–H groups in total. The summed E-state index contributed by atoms with van der Waals surface area (Å²) in [6.45, 7) is 3.96. The quantitative estimate of drug-likeness (QED) is 0.313. The second-order valence-electron chi connectivity index (χ2n) is 8.73. The van der Waals surface area contributed by atoms with Crippen LogP contribution in [-0.2, 0) is 4.79 Å². The number of nitrogens with one attached hydrogen (secondary N) is 1. The fraction of sp³-hybridized carbons (Fsp3) is 0.308. The van der Waals surface area contributed by atoms with Gasteiger partial charge < -0.3 is 5.32 Å². The Morgan fingerprint density at radius 2 is 1.79 bits per heavy atom. The zero-order valence-electron chi connectivity index (χ0n) is 19.3. The van der Waals surface area contributed by atoms with Crippen molar-refractivity contribution in [2.45, 2.75) is 50.7 Å². The van der Waals surface area contributed by atoms with Crippen LogP contribution < -0.4 is 10.9 Å². The summed E-state index contributed by atoms with van der Waals surface area (Å²) in [6.07, 6.45) is 6.28. The number of carbonyl (C=O) groups is 1. The van der Waals surface area contributed by atoms with Crippen molar-refractivity contribution in [2.75, 3.05) is 11.1 Å². The van der Waals surface area contributed by atoms with Crippen LogP contribution >= 0.6 is 11.8 Å². The molecule has 0 bridgehead atoms. The Labute approximate surface area is 202 Å². The molecular weight excluding hydrogens is 446 g/mol. The minimum atomic E-state index is -0.153. The fourth-order valence-electron chi connectivity index (χ4n) is 4.73. The van der Waals surface area contributed by atoms with E-state index >= 15 is 0 Å². The lowest BCUT2D eigenvalue weighted by Gasteiger charge is -2.17. The minimum Gasteiger partial charge on any atom is -0.310 e. The highest BCUT2D eigenvalue weighted by Crippen LogP contribution is 2.31. The van der Waals surface area contributed by atoms with Gasteiger partial charge >= 0.3 is 0 Å². The molecule has 0 unspecified atom stereocenters. The Hall–Kier alpha value is -3.39. The van der Waals surface area contributed by atoms with E-state index in [4.69, 9.17) is 4.98 Å². The van der Waals surface area contributed by atoms with E-state index in [0.29, 0.717) is 22.1 Å². The molecule has 1 aliphatic carbocycles. The molecule has 2 aromatic carbocycles. The number of thioether (sulfide) groups is 1. The third-order valence-electron chi connectivity index (χ3n) is 6.35. The second kappa shape index (κ2) is 9.46. The van der Waals surface area contributed by atoms with Gasteiger partial charge in [0.1, 0.15) is 5.82 Å². The third-order valence-corrected chi connectivity index (χ3v) is 7.29. The van der Waals surface area contributed by atoms with E-state index in [1.165, 1.54) is 24.6 Å². The number of aromatic nitrogens is 4. The summed E-state index contributed by atoms with van der Waals surface area (Å²) in [5.74, 6) is 0.697. The van der Waals surface area contributed by atoms with Crippen molar-refractivity contribution < 1.29 is 4.79 Å². The molecule has 1 saturated carbocycles. The Bertz CT molecular complexity index is 1400. The van der Waals surface area contributed by atoms with Crippen LogP contribution in [0.4, 0.5) is 5.82 Å². The van der Waals surface area contributed by atoms with Gasteiger partial charge in [-0.3, -0.25) is 14.2 Å².